The van der Waals surface area contributed by atoms with Gasteiger partial charge >= 0.3 is 0 Å². The fourth-order valence-electron chi connectivity index (χ4n) is 4.39. The van der Waals surface area contributed by atoms with E-state index in [0.717, 1.165) is 67.0 Å². The molecular formula is C28H32N6. The van der Waals surface area contributed by atoms with Crippen molar-refractivity contribution >= 4 is 39.6 Å². The molecule has 0 radical (unpaired) electrons. The van der Waals surface area contributed by atoms with E-state index in [2.05, 4.69) is 94.0 Å². The van der Waals surface area contributed by atoms with Crippen LogP contribution in [0.1, 0.15) is 18.9 Å². The molecule has 34 heavy (non-hydrogen) atoms. The number of piperazine rings is 1. The summed E-state index contributed by atoms with van der Waals surface area (Å²) < 4.78 is 0. The highest BCUT2D eigenvalue weighted by atomic mass is 15.2. The van der Waals surface area contributed by atoms with Crippen LogP contribution in [0.15, 0.2) is 72.9 Å². The van der Waals surface area contributed by atoms with Crippen molar-refractivity contribution in [1.82, 2.24) is 14.9 Å². The molecule has 0 amide bonds. The normalized spacial score (nSPS) is 14.4. The molecule has 1 saturated heterocycles. The van der Waals surface area contributed by atoms with Crippen LogP contribution in [0, 0.1) is 0 Å². The molecule has 174 valence electrons. The molecule has 2 N–H and O–H groups in total. The number of nitrogens with zero attached hydrogens (tertiary/aromatic N) is 4. The molecule has 1 aliphatic rings. The van der Waals surface area contributed by atoms with Gasteiger partial charge in [0.25, 0.3) is 0 Å². The van der Waals surface area contributed by atoms with Gasteiger partial charge in [-0.3, -0.25) is 0 Å². The summed E-state index contributed by atoms with van der Waals surface area (Å²) in [6.45, 7) is 6.46. The number of anilines is 5. The number of para-hydroxylation sites is 1. The molecule has 6 heteroatoms. The summed E-state index contributed by atoms with van der Waals surface area (Å²) in [4.78, 5) is 14.2. The summed E-state index contributed by atoms with van der Waals surface area (Å²) in [6, 6.07) is 23.3. The molecule has 1 aromatic heterocycles. The number of aromatic nitrogens is 2. The standard InChI is InChI=1S/C28H32N6/c1-3-6-21-11-13-23(14-12-21)30-26-10-4-7-22-20-29-28(32-27(22)26)31-24-8-5-9-25(19-24)34-17-15-33(2)16-18-34/h4-5,7-14,19-20,30H,3,6,15-18H2,1-2H3,(H,29,31,32). The lowest BCUT2D eigenvalue weighted by Crippen LogP contribution is -2.44. The van der Waals surface area contributed by atoms with Crippen molar-refractivity contribution in [2.75, 3.05) is 48.8 Å². The molecule has 0 unspecified atom stereocenters. The maximum absolute atomic E-state index is 4.86. The number of rotatable bonds is 7. The fourth-order valence-corrected chi connectivity index (χ4v) is 4.39. The summed E-state index contributed by atoms with van der Waals surface area (Å²) in [5, 5.41) is 7.95. The third-order valence-electron chi connectivity index (χ3n) is 6.35. The van der Waals surface area contributed by atoms with Crippen molar-refractivity contribution in [1.29, 1.82) is 0 Å². The summed E-state index contributed by atoms with van der Waals surface area (Å²) >= 11 is 0. The maximum Gasteiger partial charge on any atom is 0.227 e. The predicted octanol–water partition coefficient (Wildman–Crippen LogP) is 5.82. The number of fused-ring (bicyclic) bond motifs is 1. The average Bonchev–Trinajstić information content (AvgIpc) is 2.86. The second kappa shape index (κ2) is 10.1. The van der Waals surface area contributed by atoms with E-state index < -0.39 is 0 Å². The first kappa shape index (κ1) is 22.2. The van der Waals surface area contributed by atoms with Crippen molar-refractivity contribution in [3.8, 4) is 0 Å². The minimum absolute atomic E-state index is 0.593. The van der Waals surface area contributed by atoms with Gasteiger partial charge in [0.05, 0.1) is 11.2 Å². The average molecular weight is 453 g/mol. The number of nitrogens with one attached hydrogen (secondary N) is 2. The van der Waals surface area contributed by atoms with Gasteiger partial charge in [0.1, 0.15) is 0 Å². The minimum Gasteiger partial charge on any atom is -0.369 e. The molecule has 6 nitrogen and oxygen atoms in total. The Morgan fingerprint density at radius 3 is 2.44 bits per heavy atom. The van der Waals surface area contributed by atoms with Crippen LogP contribution in [0.5, 0.6) is 0 Å². The SMILES string of the molecule is CCCc1ccc(Nc2cccc3cnc(Nc4cccc(N5CCN(C)CC5)c4)nc23)cc1. The van der Waals surface area contributed by atoms with E-state index in [0.29, 0.717) is 5.95 Å². The second-order valence-electron chi connectivity index (χ2n) is 8.97. The van der Waals surface area contributed by atoms with Crippen LogP contribution in [0.3, 0.4) is 0 Å². The summed E-state index contributed by atoms with van der Waals surface area (Å²) in [5.74, 6) is 0.593. The third-order valence-corrected chi connectivity index (χ3v) is 6.35. The molecule has 3 aromatic carbocycles. The van der Waals surface area contributed by atoms with Crippen LogP contribution in [0.4, 0.5) is 28.7 Å². The third kappa shape index (κ3) is 5.13. The molecule has 0 bridgehead atoms. The van der Waals surface area contributed by atoms with Crippen LogP contribution < -0.4 is 15.5 Å². The molecular weight excluding hydrogens is 420 g/mol. The van der Waals surface area contributed by atoms with Gasteiger partial charge in [0, 0.05) is 54.8 Å². The van der Waals surface area contributed by atoms with Crippen LogP contribution in [0.2, 0.25) is 0 Å². The van der Waals surface area contributed by atoms with Crippen molar-refractivity contribution in [2.24, 2.45) is 0 Å². The summed E-state index contributed by atoms with van der Waals surface area (Å²) in [6.07, 6.45) is 4.14. The van der Waals surface area contributed by atoms with Gasteiger partial charge in [0.15, 0.2) is 0 Å². The van der Waals surface area contributed by atoms with E-state index in [9.17, 15) is 0 Å². The highest BCUT2D eigenvalue weighted by Crippen LogP contribution is 2.27. The molecule has 4 aromatic rings. The van der Waals surface area contributed by atoms with Crippen molar-refractivity contribution < 1.29 is 0 Å². The lowest BCUT2D eigenvalue weighted by Gasteiger charge is -2.34. The van der Waals surface area contributed by atoms with Crippen molar-refractivity contribution in [2.45, 2.75) is 19.8 Å². The molecule has 0 spiro atoms. The first-order valence-electron chi connectivity index (χ1n) is 12.1. The van der Waals surface area contributed by atoms with E-state index in [1.54, 1.807) is 0 Å². The first-order valence-corrected chi connectivity index (χ1v) is 12.1. The highest BCUT2D eigenvalue weighted by Gasteiger charge is 2.14. The molecule has 0 aliphatic carbocycles. The lowest BCUT2D eigenvalue weighted by atomic mass is 10.1. The van der Waals surface area contributed by atoms with E-state index in [1.165, 1.54) is 11.3 Å². The Labute approximate surface area is 201 Å². The van der Waals surface area contributed by atoms with Gasteiger partial charge in [-0.2, -0.15) is 0 Å². The minimum atomic E-state index is 0.593. The van der Waals surface area contributed by atoms with Gasteiger partial charge in [-0.05, 0) is 55.4 Å². The Kier molecular flexibility index (Phi) is 6.58. The lowest BCUT2D eigenvalue weighted by molar-refractivity contribution is 0.313. The molecule has 0 atom stereocenters. The van der Waals surface area contributed by atoms with Crippen LogP contribution in [0.25, 0.3) is 10.9 Å². The Bertz CT molecular complexity index is 1250. The van der Waals surface area contributed by atoms with Gasteiger partial charge in [-0.1, -0.05) is 43.7 Å². The largest absolute Gasteiger partial charge is 0.369 e. The van der Waals surface area contributed by atoms with Gasteiger partial charge < -0.3 is 20.4 Å². The monoisotopic (exact) mass is 452 g/mol. The van der Waals surface area contributed by atoms with Crippen molar-refractivity contribution in [3.05, 3.63) is 78.5 Å². The number of hydrogen-bond donors (Lipinski definition) is 2. The Hall–Kier alpha value is -3.64. The number of hydrogen-bond acceptors (Lipinski definition) is 6. The zero-order chi connectivity index (χ0) is 23.3. The fraction of sp³-hybridized carbons (Fsp3) is 0.286. The Balaban J connectivity index is 1.36. The summed E-state index contributed by atoms with van der Waals surface area (Å²) in [5.41, 5.74) is 6.50. The zero-order valence-electron chi connectivity index (χ0n) is 20.0. The Morgan fingerprint density at radius 2 is 1.65 bits per heavy atom. The van der Waals surface area contributed by atoms with E-state index >= 15 is 0 Å². The topological polar surface area (TPSA) is 56.3 Å². The van der Waals surface area contributed by atoms with Gasteiger partial charge in [0.2, 0.25) is 5.95 Å². The molecule has 5 rings (SSSR count). The van der Waals surface area contributed by atoms with Gasteiger partial charge in [-0.25, -0.2) is 9.97 Å². The van der Waals surface area contributed by atoms with Crippen molar-refractivity contribution in [3.63, 3.8) is 0 Å². The quantitative estimate of drug-likeness (QED) is 0.368. The molecule has 1 aliphatic heterocycles. The van der Waals surface area contributed by atoms with Crippen LogP contribution in [-0.4, -0.2) is 48.1 Å². The Morgan fingerprint density at radius 1 is 0.853 bits per heavy atom. The van der Waals surface area contributed by atoms with E-state index in [-0.39, 0.29) is 0 Å². The number of aryl methyl sites for hydroxylation is 1. The predicted molar refractivity (Wildman–Crippen MR) is 143 cm³/mol. The molecule has 0 saturated carbocycles. The van der Waals surface area contributed by atoms with Crippen LogP contribution in [-0.2, 0) is 6.42 Å². The maximum atomic E-state index is 4.86. The number of likely N-dealkylation sites (N-methyl/N-ethyl adjacent to an activating group) is 1. The summed E-state index contributed by atoms with van der Waals surface area (Å²) in [7, 11) is 2.18. The zero-order valence-corrected chi connectivity index (χ0v) is 20.0. The number of benzene rings is 3. The van der Waals surface area contributed by atoms with E-state index in [1.807, 2.05) is 18.3 Å². The smallest absolute Gasteiger partial charge is 0.227 e. The second-order valence-corrected chi connectivity index (χ2v) is 8.97. The molecule has 1 fully saturated rings. The van der Waals surface area contributed by atoms with Crippen LogP contribution >= 0.6 is 0 Å². The van der Waals surface area contributed by atoms with Gasteiger partial charge in [-0.15, -0.1) is 0 Å². The van der Waals surface area contributed by atoms with E-state index in [4.69, 9.17) is 4.98 Å². The first-order chi connectivity index (χ1) is 16.7. The molecule has 2 heterocycles. The highest BCUT2D eigenvalue weighted by molar-refractivity contribution is 5.92.